The Bertz CT molecular complexity index is 709. The second kappa shape index (κ2) is 8.12. The van der Waals surface area contributed by atoms with Gasteiger partial charge in [0.25, 0.3) is 5.91 Å². The summed E-state index contributed by atoms with van der Waals surface area (Å²) in [4.78, 5) is 19.1. The lowest BCUT2D eigenvalue weighted by Gasteiger charge is -2.25. The van der Waals surface area contributed by atoms with Crippen molar-refractivity contribution in [3.05, 3.63) is 59.4 Å². The van der Waals surface area contributed by atoms with Crippen LogP contribution in [0, 0.1) is 6.92 Å². The number of methoxy groups -OCH3 is 1. The molecule has 5 heteroatoms. The Balaban J connectivity index is 1.80. The number of rotatable bonds is 6. The molecular weight excluding hydrogens is 316 g/mol. The Kier molecular flexibility index (Phi) is 5.66. The van der Waals surface area contributed by atoms with Crippen LogP contribution in [0.4, 0.5) is 0 Å². The third-order valence-electron chi connectivity index (χ3n) is 4.37. The lowest BCUT2D eigenvalue weighted by molar-refractivity contribution is 0.0502. The van der Waals surface area contributed by atoms with Gasteiger partial charge in [0.2, 0.25) is 0 Å². The van der Waals surface area contributed by atoms with E-state index < -0.39 is 0 Å². The second-order valence-electron chi connectivity index (χ2n) is 6.39. The first kappa shape index (κ1) is 17.4. The van der Waals surface area contributed by atoms with Crippen molar-refractivity contribution in [3.8, 4) is 5.75 Å². The SMILES string of the molecule is COc1cccc(CN(C[C@@H]2CCCO2)C(=O)c2ccc(C)cn2)c1. The first-order valence-electron chi connectivity index (χ1n) is 8.62. The summed E-state index contributed by atoms with van der Waals surface area (Å²) in [6, 6.07) is 11.5. The molecular formula is C20H24N2O3. The zero-order valence-electron chi connectivity index (χ0n) is 14.8. The van der Waals surface area contributed by atoms with Gasteiger partial charge in [0.15, 0.2) is 0 Å². The first-order valence-corrected chi connectivity index (χ1v) is 8.62. The molecule has 1 aromatic heterocycles. The Labute approximate surface area is 148 Å². The molecule has 1 fully saturated rings. The van der Waals surface area contributed by atoms with Crippen molar-refractivity contribution >= 4 is 5.91 Å². The molecule has 25 heavy (non-hydrogen) atoms. The van der Waals surface area contributed by atoms with Crippen LogP contribution in [0.2, 0.25) is 0 Å². The quantitative estimate of drug-likeness (QED) is 0.810. The number of carbonyl (C=O) groups is 1. The van der Waals surface area contributed by atoms with Crippen LogP contribution in [-0.2, 0) is 11.3 Å². The summed E-state index contributed by atoms with van der Waals surface area (Å²) in [5, 5.41) is 0. The maximum atomic E-state index is 13.0. The highest BCUT2D eigenvalue weighted by Crippen LogP contribution is 2.19. The lowest BCUT2D eigenvalue weighted by atomic mass is 10.1. The lowest BCUT2D eigenvalue weighted by Crippen LogP contribution is -2.37. The molecule has 2 heterocycles. The van der Waals surface area contributed by atoms with Crippen LogP contribution in [0.25, 0.3) is 0 Å². The number of hydrogen-bond acceptors (Lipinski definition) is 4. The Hall–Kier alpha value is -2.40. The average Bonchev–Trinajstić information content (AvgIpc) is 3.14. The predicted octanol–water partition coefficient (Wildman–Crippen LogP) is 3.22. The van der Waals surface area contributed by atoms with E-state index >= 15 is 0 Å². The highest BCUT2D eigenvalue weighted by molar-refractivity contribution is 5.92. The summed E-state index contributed by atoms with van der Waals surface area (Å²) in [5.41, 5.74) is 2.53. The molecule has 1 atom stereocenters. The summed E-state index contributed by atoms with van der Waals surface area (Å²) in [7, 11) is 1.64. The van der Waals surface area contributed by atoms with Gasteiger partial charge >= 0.3 is 0 Å². The van der Waals surface area contributed by atoms with E-state index in [9.17, 15) is 4.79 Å². The largest absolute Gasteiger partial charge is 0.497 e. The van der Waals surface area contributed by atoms with Crippen molar-refractivity contribution < 1.29 is 14.3 Å². The summed E-state index contributed by atoms with van der Waals surface area (Å²) < 4.78 is 11.0. The molecule has 3 rings (SSSR count). The van der Waals surface area contributed by atoms with Crippen molar-refractivity contribution in [2.24, 2.45) is 0 Å². The van der Waals surface area contributed by atoms with Crippen LogP contribution in [0.15, 0.2) is 42.6 Å². The van der Waals surface area contributed by atoms with Gasteiger partial charge < -0.3 is 14.4 Å². The molecule has 0 aliphatic carbocycles. The smallest absolute Gasteiger partial charge is 0.272 e. The van der Waals surface area contributed by atoms with Gasteiger partial charge in [-0.1, -0.05) is 18.2 Å². The van der Waals surface area contributed by atoms with E-state index in [4.69, 9.17) is 9.47 Å². The fraction of sp³-hybridized carbons (Fsp3) is 0.400. The molecule has 1 aliphatic rings. The maximum absolute atomic E-state index is 13.0. The average molecular weight is 340 g/mol. The van der Waals surface area contributed by atoms with Crippen LogP contribution < -0.4 is 4.74 Å². The van der Waals surface area contributed by atoms with Gasteiger partial charge in [-0.2, -0.15) is 0 Å². The minimum absolute atomic E-state index is 0.0710. The first-order chi connectivity index (χ1) is 12.2. The molecule has 0 radical (unpaired) electrons. The van der Waals surface area contributed by atoms with Gasteiger partial charge in [0.1, 0.15) is 11.4 Å². The van der Waals surface area contributed by atoms with Crippen molar-refractivity contribution in [1.82, 2.24) is 9.88 Å². The van der Waals surface area contributed by atoms with Gasteiger partial charge in [0, 0.05) is 25.9 Å². The Morgan fingerprint density at radius 2 is 2.24 bits per heavy atom. The monoisotopic (exact) mass is 340 g/mol. The molecule has 1 aromatic carbocycles. The minimum Gasteiger partial charge on any atom is -0.497 e. The van der Waals surface area contributed by atoms with E-state index in [1.165, 1.54) is 0 Å². The van der Waals surface area contributed by atoms with Gasteiger partial charge in [-0.3, -0.25) is 9.78 Å². The Morgan fingerprint density at radius 3 is 2.92 bits per heavy atom. The van der Waals surface area contributed by atoms with E-state index in [1.807, 2.05) is 42.2 Å². The van der Waals surface area contributed by atoms with Crippen molar-refractivity contribution in [2.75, 3.05) is 20.3 Å². The Morgan fingerprint density at radius 1 is 1.36 bits per heavy atom. The highest BCUT2D eigenvalue weighted by Gasteiger charge is 2.24. The third-order valence-corrected chi connectivity index (χ3v) is 4.37. The number of benzene rings is 1. The van der Waals surface area contributed by atoms with Crippen molar-refractivity contribution in [1.29, 1.82) is 0 Å². The molecule has 5 nitrogen and oxygen atoms in total. The number of nitrogens with zero attached hydrogens (tertiary/aromatic N) is 2. The third kappa shape index (κ3) is 4.57. The molecule has 0 bridgehead atoms. The normalized spacial score (nSPS) is 16.6. The topological polar surface area (TPSA) is 51.7 Å². The van der Waals surface area contributed by atoms with E-state index in [0.29, 0.717) is 18.8 Å². The zero-order valence-corrected chi connectivity index (χ0v) is 14.8. The molecule has 1 aliphatic heterocycles. The van der Waals surface area contributed by atoms with Crippen LogP contribution >= 0.6 is 0 Å². The fourth-order valence-electron chi connectivity index (χ4n) is 3.00. The van der Waals surface area contributed by atoms with E-state index in [1.54, 1.807) is 19.4 Å². The van der Waals surface area contributed by atoms with Crippen LogP contribution in [0.3, 0.4) is 0 Å². The second-order valence-corrected chi connectivity index (χ2v) is 6.39. The standard InChI is InChI=1S/C20H24N2O3/c1-15-8-9-19(21-12-15)20(23)22(14-18-7-4-10-25-18)13-16-5-3-6-17(11-16)24-2/h3,5-6,8-9,11-12,18H,4,7,10,13-14H2,1-2H3/t18-/m0/s1. The highest BCUT2D eigenvalue weighted by atomic mass is 16.5. The minimum atomic E-state index is -0.0710. The zero-order chi connectivity index (χ0) is 17.6. The van der Waals surface area contributed by atoms with E-state index in [2.05, 4.69) is 4.98 Å². The van der Waals surface area contributed by atoms with Crippen molar-refractivity contribution in [2.45, 2.75) is 32.4 Å². The van der Waals surface area contributed by atoms with Gasteiger partial charge in [-0.25, -0.2) is 0 Å². The van der Waals surface area contributed by atoms with Crippen LogP contribution in [0.5, 0.6) is 5.75 Å². The number of amides is 1. The molecule has 0 spiro atoms. The molecule has 0 N–H and O–H groups in total. The number of aromatic nitrogens is 1. The number of ether oxygens (including phenoxy) is 2. The molecule has 1 amide bonds. The number of pyridine rings is 1. The maximum Gasteiger partial charge on any atom is 0.272 e. The van der Waals surface area contributed by atoms with E-state index in [0.717, 1.165) is 36.3 Å². The summed E-state index contributed by atoms with van der Waals surface area (Å²) in [6.45, 7) is 3.81. The van der Waals surface area contributed by atoms with Gasteiger partial charge in [0.05, 0.1) is 13.2 Å². The fourth-order valence-corrected chi connectivity index (χ4v) is 3.00. The number of aryl methyl sites for hydroxylation is 1. The number of hydrogen-bond donors (Lipinski definition) is 0. The number of carbonyl (C=O) groups excluding carboxylic acids is 1. The van der Waals surface area contributed by atoms with Crippen LogP contribution in [-0.4, -0.2) is 42.2 Å². The molecule has 1 saturated heterocycles. The molecule has 132 valence electrons. The van der Waals surface area contributed by atoms with Crippen molar-refractivity contribution in [3.63, 3.8) is 0 Å². The van der Waals surface area contributed by atoms with E-state index in [-0.39, 0.29) is 12.0 Å². The summed E-state index contributed by atoms with van der Waals surface area (Å²) >= 11 is 0. The van der Waals surface area contributed by atoms with Gasteiger partial charge in [-0.05, 0) is 49.1 Å². The summed E-state index contributed by atoms with van der Waals surface area (Å²) in [5.74, 6) is 0.716. The van der Waals surface area contributed by atoms with Crippen LogP contribution in [0.1, 0.15) is 34.5 Å². The predicted molar refractivity (Wildman–Crippen MR) is 95.7 cm³/mol. The van der Waals surface area contributed by atoms with Gasteiger partial charge in [-0.15, -0.1) is 0 Å². The molecule has 0 unspecified atom stereocenters. The molecule has 0 saturated carbocycles. The molecule has 2 aromatic rings. The summed E-state index contributed by atoms with van der Waals surface area (Å²) in [6.07, 6.45) is 3.86.